The second kappa shape index (κ2) is 2.98. The normalized spacial score (nSPS) is 8.73. The zero-order valence-corrected chi connectivity index (χ0v) is 6.16. The third-order valence-electron chi connectivity index (χ3n) is 1.34. The largest absolute Gasteiger partial charge is 0.508 e. The number of aromatic hydroxyl groups is 1. The van der Waals surface area contributed by atoms with Gasteiger partial charge in [-0.15, -0.1) is 6.42 Å². The molecule has 0 radical (unpaired) electrons. The van der Waals surface area contributed by atoms with Crippen molar-refractivity contribution in [2.75, 3.05) is 7.11 Å². The predicted molar refractivity (Wildman–Crippen MR) is 42.6 cm³/mol. The highest BCUT2D eigenvalue weighted by atomic mass is 16.5. The predicted octanol–water partition coefficient (Wildman–Crippen LogP) is 1.38. The molecule has 2 heteroatoms. The molecule has 0 fully saturated rings. The minimum absolute atomic E-state index is 0.152. The molecule has 1 aromatic rings. The number of terminal acetylenes is 1. The van der Waals surface area contributed by atoms with Gasteiger partial charge >= 0.3 is 0 Å². The maximum atomic E-state index is 9.01. The first-order chi connectivity index (χ1) is 5.27. The van der Waals surface area contributed by atoms with E-state index in [1.807, 2.05) is 0 Å². The highest BCUT2D eigenvalue weighted by molar-refractivity contribution is 5.48. The second-order valence-corrected chi connectivity index (χ2v) is 2.03. The summed E-state index contributed by atoms with van der Waals surface area (Å²) in [7, 11) is 1.53. The summed E-state index contributed by atoms with van der Waals surface area (Å²) in [4.78, 5) is 0. The molecule has 2 nitrogen and oxygen atoms in total. The van der Waals surface area contributed by atoms with E-state index < -0.39 is 0 Å². The molecule has 0 unspecified atom stereocenters. The van der Waals surface area contributed by atoms with Crippen molar-refractivity contribution in [1.82, 2.24) is 0 Å². The quantitative estimate of drug-likeness (QED) is 0.610. The van der Waals surface area contributed by atoms with Crippen LogP contribution >= 0.6 is 0 Å². The maximum Gasteiger partial charge on any atom is 0.134 e. The van der Waals surface area contributed by atoms with Crippen molar-refractivity contribution in [3.05, 3.63) is 23.8 Å². The van der Waals surface area contributed by atoms with Crippen LogP contribution in [0.5, 0.6) is 11.5 Å². The average molecular weight is 148 g/mol. The topological polar surface area (TPSA) is 29.5 Å². The summed E-state index contributed by atoms with van der Waals surface area (Å²) < 4.78 is 4.94. The van der Waals surface area contributed by atoms with Crippen molar-refractivity contribution < 1.29 is 9.84 Å². The van der Waals surface area contributed by atoms with E-state index >= 15 is 0 Å². The summed E-state index contributed by atoms with van der Waals surface area (Å²) >= 11 is 0. The fraction of sp³-hybridized carbons (Fsp3) is 0.111. The van der Waals surface area contributed by atoms with E-state index in [0.29, 0.717) is 11.3 Å². The van der Waals surface area contributed by atoms with E-state index in [4.69, 9.17) is 16.3 Å². The van der Waals surface area contributed by atoms with Gasteiger partial charge in [0.1, 0.15) is 11.5 Å². The lowest BCUT2D eigenvalue weighted by Crippen LogP contribution is -1.86. The van der Waals surface area contributed by atoms with Gasteiger partial charge in [0.25, 0.3) is 0 Å². The molecule has 0 aliphatic carbocycles. The van der Waals surface area contributed by atoms with Crippen LogP contribution < -0.4 is 4.74 Å². The number of methoxy groups -OCH3 is 1. The smallest absolute Gasteiger partial charge is 0.134 e. The van der Waals surface area contributed by atoms with Crippen molar-refractivity contribution in [2.24, 2.45) is 0 Å². The Hall–Kier alpha value is -1.62. The van der Waals surface area contributed by atoms with Crippen molar-refractivity contribution in [2.45, 2.75) is 0 Å². The highest BCUT2D eigenvalue weighted by Gasteiger charge is 1.99. The average Bonchev–Trinajstić information content (AvgIpc) is 2.04. The van der Waals surface area contributed by atoms with E-state index in [1.165, 1.54) is 19.2 Å². The van der Waals surface area contributed by atoms with Gasteiger partial charge in [0.05, 0.1) is 12.7 Å². The molecule has 0 aliphatic rings. The number of hydrogen-bond acceptors (Lipinski definition) is 2. The summed E-state index contributed by atoms with van der Waals surface area (Å²) in [6.45, 7) is 0. The summed E-state index contributed by atoms with van der Waals surface area (Å²) in [6.07, 6.45) is 5.15. The van der Waals surface area contributed by atoms with Crippen molar-refractivity contribution in [3.63, 3.8) is 0 Å². The van der Waals surface area contributed by atoms with E-state index in [2.05, 4.69) is 5.92 Å². The first kappa shape index (κ1) is 7.49. The molecule has 0 spiro atoms. The van der Waals surface area contributed by atoms with E-state index in [0.717, 1.165) is 0 Å². The first-order valence-electron chi connectivity index (χ1n) is 3.11. The van der Waals surface area contributed by atoms with Crippen LogP contribution in [0.25, 0.3) is 0 Å². The van der Waals surface area contributed by atoms with Gasteiger partial charge in [-0.05, 0) is 18.2 Å². The molecule has 0 bridgehead atoms. The minimum Gasteiger partial charge on any atom is -0.508 e. The minimum atomic E-state index is 0.152. The monoisotopic (exact) mass is 148 g/mol. The lowest BCUT2D eigenvalue weighted by molar-refractivity contribution is 0.411. The van der Waals surface area contributed by atoms with Gasteiger partial charge in [-0.3, -0.25) is 0 Å². The van der Waals surface area contributed by atoms with Gasteiger partial charge in [0.2, 0.25) is 0 Å². The Morgan fingerprint density at radius 3 is 2.82 bits per heavy atom. The number of rotatable bonds is 1. The fourth-order valence-corrected chi connectivity index (χ4v) is 0.809. The molecule has 1 N–H and O–H groups in total. The van der Waals surface area contributed by atoms with Gasteiger partial charge < -0.3 is 9.84 Å². The van der Waals surface area contributed by atoms with Crippen LogP contribution in [0.1, 0.15) is 5.56 Å². The van der Waals surface area contributed by atoms with Crippen molar-refractivity contribution in [1.29, 1.82) is 0 Å². The lowest BCUT2D eigenvalue weighted by Gasteiger charge is -2.02. The van der Waals surface area contributed by atoms with Crippen LogP contribution in [0.4, 0.5) is 0 Å². The molecule has 1 rings (SSSR count). The Labute approximate surface area is 65.4 Å². The summed E-state index contributed by atoms with van der Waals surface area (Å²) in [5.74, 6) is 3.16. The molecule has 0 amide bonds. The molecule has 0 atom stereocenters. The maximum absolute atomic E-state index is 9.01. The molecule has 11 heavy (non-hydrogen) atoms. The van der Waals surface area contributed by atoms with Crippen LogP contribution in [-0.4, -0.2) is 12.2 Å². The molecule has 0 aliphatic heterocycles. The Morgan fingerprint density at radius 2 is 2.27 bits per heavy atom. The third-order valence-corrected chi connectivity index (χ3v) is 1.34. The summed E-state index contributed by atoms with van der Waals surface area (Å²) in [5, 5.41) is 9.01. The van der Waals surface area contributed by atoms with Crippen LogP contribution in [-0.2, 0) is 0 Å². The van der Waals surface area contributed by atoms with Crippen LogP contribution in [0, 0.1) is 12.3 Å². The molecule has 0 heterocycles. The van der Waals surface area contributed by atoms with Crippen LogP contribution in [0.2, 0.25) is 0 Å². The lowest BCUT2D eigenvalue weighted by atomic mass is 10.2. The molecule has 0 aromatic heterocycles. The molecule has 1 aromatic carbocycles. The molecule has 0 saturated heterocycles. The Kier molecular flexibility index (Phi) is 2.03. The van der Waals surface area contributed by atoms with Gasteiger partial charge in [-0.1, -0.05) is 5.92 Å². The SMILES string of the molecule is C#Cc1cc(O)ccc1OC. The van der Waals surface area contributed by atoms with E-state index in [9.17, 15) is 0 Å². The number of ether oxygens (including phenoxy) is 1. The molecular formula is C9H8O2. The van der Waals surface area contributed by atoms with Crippen LogP contribution in [0.15, 0.2) is 18.2 Å². The molecular weight excluding hydrogens is 140 g/mol. The van der Waals surface area contributed by atoms with Crippen molar-refractivity contribution >= 4 is 0 Å². The number of phenolic OH excluding ortho intramolecular Hbond substituents is 1. The summed E-state index contributed by atoms with van der Waals surface area (Å²) in [5.41, 5.74) is 0.563. The third kappa shape index (κ3) is 1.44. The number of benzene rings is 1. The summed E-state index contributed by atoms with van der Waals surface area (Å²) in [6, 6.07) is 4.64. The van der Waals surface area contributed by atoms with Gasteiger partial charge in [-0.2, -0.15) is 0 Å². The highest BCUT2D eigenvalue weighted by Crippen LogP contribution is 2.21. The van der Waals surface area contributed by atoms with Gasteiger partial charge in [-0.25, -0.2) is 0 Å². The van der Waals surface area contributed by atoms with Crippen LogP contribution in [0.3, 0.4) is 0 Å². The Bertz CT molecular complexity index is 297. The molecule has 56 valence electrons. The van der Waals surface area contributed by atoms with Gasteiger partial charge in [0, 0.05) is 0 Å². The Morgan fingerprint density at radius 1 is 1.55 bits per heavy atom. The number of hydrogen-bond donors (Lipinski definition) is 1. The first-order valence-corrected chi connectivity index (χ1v) is 3.11. The zero-order valence-electron chi connectivity index (χ0n) is 6.16. The molecule has 0 saturated carbocycles. The fourth-order valence-electron chi connectivity index (χ4n) is 0.809. The van der Waals surface area contributed by atoms with E-state index in [-0.39, 0.29) is 5.75 Å². The van der Waals surface area contributed by atoms with E-state index in [1.54, 1.807) is 6.07 Å². The zero-order chi connectivity index (χ0) is 8.27. The van der Waals surface area contributed by atoms with Crippen molar-refractivity contribution in [3.8, 4) is 23.8 Å². The van der Waals surface area contributed by atoms with Gasteiger partial charge in [0.15, 0.2) is 0 Å². The second-order valence-electron chi connectivity index (χ2n) is 2.03. The standard InChI is InChI=1S/C9H8O2/c1-3-7-6-8(10)4-5-9(7)11-2/h1,4-6,10H,2H3. The Balaban J connectivity index is 3.19. The number of phenols is 1.